The lowest BCUT2D eigenvalue weighted by molar-refractivity contribution is -0.137. The number of hydrogen-bond acceptors (Lipinski definition) is 2. The van der Waals surface area contributed by atoms with E-state index in [1.54, 1.807) is 0 Å². The molecule has 2 aromatic rings. The third-order valence-electron chi connectivity index (χ3n) is 3.11. The number of fused-ring (bicyclic) bond motifs is 1. The maximum absolute atomic E-state index is 10.5. The monoisotopic (exact) mass is 261 g/mol. The van der Waals surface area contributed by atoms with Gasteiger partial charge in [-0.15, -0.1) is 0 Å². The summed E-state index contributed by atoms with van der Waals surface area (Å²) >= 11 is 0. The van der Waals surface area contributed by atoms with E-state index in [2.05, 4.69) is 18.8 Å². The van der Waals surface area contributed by atoms with Crippen LogP contribution in [0.1, 0.15) is 38.2 Å². The molecule has 0 aliphatic carbocycles. The topological polar surface area (TPSA) is 62.3 Å². The summed E-state index contributed by atoms with van der Waals surface area (Å²) in [4.78, 5) is 13.7. The molecule has 19 heavy (non-hydrogen) atoms. The minimum Gasteiger partial charge on any atom is -0.493 e. The SMILES string of the molecule is CC(C)c1c[nH]c2cccc(OCCCC(=O)O)c12. The zero-order valence-corrected chi connectivity index (χ0v) is 11.3. The molecule has 0 aliphatic rings. The number of rotatable bonds is 6. The van der Waals surface area contributed by atoms with Gasteiger partial charge in [0.15, 0.2) is 0 Å². The summed E-state index contributed by atoms with van der Waals surface area (Å²) in [6.07, 6.45) is 2.67. The van der Waals surface area contributed by atoms with Crippen LogP contribution in [-0.4, -0.2) is 22.7 Å². The van der Waals surface area contributed by atoms with Crippen molar-refractivity contribution in [1.82, 2.24) is 4.98 Å². The highest BCUT2D eigenvalue weighted by molar-refractivity contribution is 5.89. The summed E-state index contributed by atoms with van der Waals surface area (Å²) in [5, 5.41) is 9.71. The van der Waals surface area contributed by atoms with Gasteiger partial charge < -0.3 is 14.8 Å². The van der Waals surface area contributed by atoms with E-state index in [1.165, 1.54) is 5.56 Å². The number of carboxylic acid groups (broad SMARTS) is 1. The molecular weight excluding hydrogens is 242 g/mol. The van der Waals surface area contributed by atoms with Crippen LogP contribution in [0.2, 0.25) is 0 Å². The summed E-state index contributed by atoms with van der Waals surface area (Å²) in [6.45, 7) is 4.71. The van der Waals surface area contributed by atoms with Crippen LogP contribution < -0.4 is 4.74 Å². The minimum atomic E-state index is -0.786. The Morgan fingerprint density at radius 2 is 2.21 bits per heavy atom. The molecule has 0 atom stereocenters. The number of aromatic amines is 1. The van der Waals surface area contributed by atoms with Gasteiger partial charge in [-0.1, -0.05) is 19.9 Å². The molecule has 0 fully saturated rings. The molecule has 1 aromatic carbocycles. The van der Waals surface area contributed by atoms with Crippen molar-refractivity contribution in [1.29, 1.82) is 0 Å². The highest BCUT2D eigenvalue weighted by atomic mass is 16.5. The number of aromatic nitrogens is 1. The largest absolute Gasteiger partial charge is 0.493 e. The average Bonchev–Trinajstić information content (AvgIpc) is 2.79. The van der Waals surface area contributed by atoms with Crippen molar-refractivity contribution in [2.24, 2.45) is 0 Å². The van der Waals surface area contributed by atoms with E-state index in [9.17, 15) is 4.79 Å². The fraction of sp³-hybridized carbons (Fsp3) is 0.400. The normalized spacial score (nSPS) is 11.1. The molecule has 102 valence electrons. The molecule has 0 saturated heterocycles. The lowest BCUT2D eigenvalue weighted by Crippen LogP contribution is -2.02. The first kappa shape index (κ1) is 13.5. The van der Waals surface area contributed by atoms with Gasteiger partial charge in [-0.2, -0.15) is 0 Å². The fourth-order valence-electron chi connectivity index (χ4n) is 2.16. The van der Waals surface area contributed by atoms with Crippen LogP contribution in [-0.2, 0) is 4.79 Å². The van der Waals surface area contributed by atoms with Gasteiger partial charge in [-0.25, -0.2) is 0 Å². The van der Waals surface area contributed by atoms with Gasteiger partial charge in [-0.05, 0) is 30.0 Å². The molecule has 1 heterocycles. The average molecular weight is 261 g/mol. The Morgan fingerprint density at radius 3 is 2.89 bits per heavy atom. The number of aliphatic carboxylic acids is 1. The van der Waals surface area contributed by atoms with E-state index < -0.39 is 5.97 Å². The molecule has 0 unspecified atom stereocenters. The predicted octanol–water partition coefficient (Wildman–Crippen LogP) is 3.53. The standard InChI is InChI=1S/C15H19NO3/c1-10(2)11-9-16-12-5-3-6-13(15(11)12)19-8-4-7-14(17)18/h3,5-6,9-10,16H,4,7-8H2,1-2H3,(H,17,18). The molecular formula is C15H19NO3. The third kappa shape index (κ3) is 3.08. The van der Waals surface area contributed by atoms with Crippen molar-refractivity contribution in [3.63, 3.8) is 0 Å². The lowest BCUT2D eigenvalue weighted by Gasteiger charge is -2.10. The van der Waals surface area contributed by atoms with E-state index in [0.29, 0.717) is 18.9 Å². The first-order valence-electron chi connectivity index (χ1n) is 6.54. The van der Waals surface area contributed by atoms with Gasteiger partial charge in [0.2, 0.25) is 0 Å². The molecule has 2 N–H and O–H groups in total. The van der Waals surface area contributed by atoms with Gasteiger partial charge in [0.05, 0.1) is 6.61 Å². The van der Waals surface area contributed by atoms with E-state index in [0.717, 1.165) is 16.7 Å². The van der Waals surface area contributed by atoms with Gasteiger partial charge in [0.1, 0.15) is 5.75 Å². The smallest absolute Gasteiger partial charge is 0.303 e. The Bertz CT molecular complexity index is 572. The number of hydrogen-bond donors (Lipinski definition) is 2. The fourth-order valence-corrected chi connectivity index (χ4v) is 2.16. The molecule has 0 radical (unpaired) electrons. The Hall–Kier alpha value is -1.97. The second-order valence-electron chi connectivity index (χ2n) is 4.92. The summed E-state index contributed by atoms with van der Waals surface area (Å²) in [7, 11) is 0. The van der Waals surface area contributed by atoms with Crippen LogP contribution in [0.5, 0.6) is 5.75 Å². The molecule has 4 nitrogen and oxygen atoms in total. The summed E-state index contributed by atoms with van der Waals surface area (Å²) in [5.74, 6) is 0.455. The van der Waals surface area contributed by atoms with E-state index >= 15 is 0 Å². The molecule has 0 amide bonds. The minimum absolute atomic E-state index is 0.139. The Kier molecular flexibility index (Phi) is 4.10. The van der Waals surface area contributed by atoms with Crippen LogP contribution in [0.3, 0.4) is 0 Å². The van der Waals surface area contributed by atoms with Crippen molar-refractivity contribution in [2.75, 3.05) is 6.61 Å². The van der Waals surface area contributed by atoms with Gasteiger partial charge in [0.25, 0.3) is 0 Å². The Balaban J connectivity index is 2.17. The third-order valence-corrected chi connectivity index (χ3v) is 3.11. The number of ether oxygens (including phenoxy) is 1. The van der Waals surface area contributed by atoms with Crippen LogP contribution in [0.4, 0.5) is 0 Å². The summed E-state index contributed by atoms with van der Waals surface area (Å²) < 4.78 is 5.74. The van der Waals surface area contributed by atoms with Crippen LogP contribution in [0.25, 0.3) is 10.9 Å². The Morgan fingerprint density at radius 1 is 1.42 bits per heavy atom. The lowest BCUT2D eigenvalue weighted by atomic mass is 10.0. The van der Waals surface area contributed by atoms with Crippen LogP contribution in [0, 0.1) is 0 Å². The highest BCUT2D eigenvalue weighted by Gasteiger charge is 2.12. The van der Waals surface area contributed by atoms with Crippen molar-refractivity contribution < 1.29 is 14.6 Å². The van der Waals surface area contributed by atoms with Crippen LogP contribution in [0.15, 0.2) is 24.4 Å². The first-order chi connectivity index (χ1) is 9.09. The molecule has 0 saturated carbocycles. The Labute approximate surface area is 112 Å². The van der Waals surface area contributed by atoms with E-state index in [4.69, 9.17) is 9.84 Å². The second-order valence-corrected chi connectivity index (χ2v) is 4.92. The highest BCUT2D eigenvalue weighted by Crippen LogP contribution is 2.32. The van der Waals surface area contributed by atoms with Crippen molar-refractivity contribution in [2.45, 2.75) is 32.6 Å². The zero-order valence-electron chi connectivity index (χ0n) is 11.3. The van der Waals surface area contributed by atoms with Gasteiger partial charge in [0, 0.05) is 23.5 Å². The summed E-state index contributed by atoms with van der Waals surface area (Å²) in [6, 6.07) is 5.89. The number of carboxylic acids is 1. The molecule has 2 rings (SSSR count). The molecule has 4 heteroatoms. The number of carbonyl (C=O) groups is 1. The van der Waals surface area contributed by atoms with E-state index in [1.807, 2.05) is 24.4 Å². The molecule has 0 aliphatic heterocycles. The molecule has 0 spiro atoms. The maximum atomic E-state index is 10.5. The molecule has 0 bridgehead atoms. The van der Waals surface area contributed by atoms with Crippen LogP contribution >= 0.6 is 0 Å². The van der Waals surface area contributed by atoms with Crippen molar-refractivity contribution in [3.8, 4) is 5.75 Å². The number of nitrogens with one attached hydrogen (secondary N) is 1. The number of H-pyrrole nitrogens is 1. The summed E-state index contributed by atoms with van der Waals surface area (Å²) in [5.41, 5.74) is 2.28. The second kappa shape index (κ2) is 5.78. The van der Waals surface area contributed by atoms with Gasteiger partial charge >= 0.3 is 5.97 Å². The first-order valence-corrected chi connectivity index (χ1v) is 6.54. The zero-order chi connectivity index (χ0) is 13.8. The van der Waals surface area contributed by atoms with Crippen molar-refractivity contribution >= 4 is 16.9 Å². The number of benzene rings is 1. The van der Waals surface area contributed by atoms with Gasteiger partial charge in [-0.3, -0.25) is 4.79 Å². The van der Waals surface area contributed by atoms with Crippen molar-refractivity contribution in [3.05, 3.63) is 30.0 Å². The van der Waals surface area contributed by atoms with E-state index in [-0.39, 0.29) is 6.42 Å². The molecule has 1 aromatic heterocycles. The quantitative estimate of drug-likeness (QED) is 0.782. The predicted molar refractivity (Wildman–Crippen MR) is 74.8 cm³/mol. The maximum Gasteiger partial charge on any atom is 0.303 e.